The van der Waals surface area contributed by atoms with Crippen molar-refractivity contribution in [2.24, 2.45) is 0 Å². The summed E-state index contributed by atoms with van der Waals surface area (Å²) in [4.78, 5) is 47.8. The number of rotatable bonds is 3. The van der Waals surface area contributed by atoms with E-state index in [1.807, 2.05) is 0 Å². The molecule has 1 heterocycles. The molecule has 0 atom stereocenters. The van der Waals surface area contributed by atoms with Crippen LogP contribution in [0.3, 0.4) is 0 Å². The summed E-state index contributed by atoms with van der Waals surface area (Å²) >= 11 is 0. The van der Waals surface area contributed by atoms with E-state index in [2.05, 4.69) is 4.74 Å². The van der Waals surface area contributed by atoms with Crippen molar-refractivity contribution < 1.29 is 28.6 Å². The zero-order chi connectivity index (χ0) is 18.8. The maximum Gasteiger partial charge on any atom is 0.513 e. The van der Waals surface area contributed by atoms with Gasteiger partial charge in [0.05, 0.1) is 23.7 Å². The van der Waals surface area contributed by atoms with Crippen LogP contribution in [-0.2, 0) is 4.74 Å². The number of fused-ring (bicyclic) bond motifs is 1. The van der Waals surface area contributed by atoms with Gasteiger partial charge in [0, 0.05) is 0 Å². The molecule has 9 nitrogen and oxygen atoms in total. The highest BCUT2D eigenvalue weighted by Gasteiger charge is 2.20. The zero-order valence-corrected chi connectivity index (χ0v) is 13.3. The van der Waals surface area contributed by atoms with Gasteiger partial charge in [-0.25, -0.2) is 19.0 Å². The highest BCUT2D eigenvalue weighted by molar-refractivity contribution is 5.92. The van der Waals surface area contributed by atoms with Gasteiger partial charge in [-0.15, -0.1) is 0 Å². The van der Waals surface area contributed by atoms with Crippen LogP contribution in [0, 0.1) is 0 Å². The quantitative estimate of drug-likeness (QED) is 0.555. The maximum atomic E-state index is 12.8. The number of benzene rings is 2. The molecule has 0 aliphatic rings. The van der Waals surface area contributed by atoms with Crippen molar-refractivity contribution in [2.75, 3.05) is 7.11 Å². The molecule has 0 bridgehead atoms. The lowest BCUT2D eigenvalue weighted by Gasteiger charge is -2.09. The molecule has 3 rings (SSSR count). The van der Waals surface area contributed by atoms with Crippen LogP contribution in [-0.4, -0.2) is 28.9 Å². The molecule has 0 radical (unpaired) electrons. The Morgan fingerprint density at radius 2 is 1.81 bits per heavy atom. The summed E-state index contributed by atoms with van der Waals surface area (Å²) in [5, 5.41) is 9.20. The largest absolute Gasteiger partial charge is 0.513 e. The van der Waals surface area contributed by atoms with Crippen molar-refractivity contribution in [3.63, 3.8) is 0 Å². The van der Waals surface area contributed by atoms with E-state index in [4.69, 9.17) is 9.15 Å². The molecule has 0 spiro atoms. The average molecular weight is 357 g/mol. The monoisotopic (exact) mass is 357 g/mol. The predicted molar refractivity (Wildman–Crippen MR) is 88.1 cm³/mol. The van der Waals surface area contributed by atoms with Crippen LogP contribution < -0.4 is 16.1 Å². The Hall–Kier alpha value is -3.88. The zero-order valence-electron chi connectivity index (χ0n) is 13.3. The number of nitrogens with zero attached hydrogens (tertiary/aromatic N) is 1. The summed E-state index contributed by atoms with van der Waals surface area (Å²) in [5.41, 5.74) is -1.46. The summed E-state index contributed by atoms with van der Waals surface area (Å²) in [6.45, 7) is 0. The molecule has 1 aromatic heterocycles. The second-order valence-electron chi connectivity index (χ2n) is 5.02. The van der Waals surface area contributed by atoms with Gasteiger partial charge in [0.1, 0.15) is 0 Å². The molecule has 0 unspecified atom stereocenters. The fraction of sp³-hybridized carbons (Fsp3) is 0.0588. The number of carboxylic acids is 1. The second-order valence-corrected chi connectivity index (χ2v) is 5.02. The highest BCUT2D eigenvalue weighted by Crippen LogP contribution is 2.23. The second kappa shape index (κ2) is 6.55. The molecule has 9 heteroatoms. The van der Waals surface area contributed by atoms with Crippen LogP contribution in [0.15, 0.2) is 56.5 Å². The summed E-state index contributed by atoms with van der Waals surface area (Å²) in [6.07, 6.45) is -1.06. The predicted octanol–water partition coefficient (Wildman–Crippen LogP) is 1.79. The first kappa shape index (κ1) is 17.0. The molecule has 26 heavy (non-hydrogen) atoms. The van der Waals surface area contributed by atoms with Crippen LogP contribution in [0.1, 0.15) is 10.4 Å². The van der Waals surface area contributed by atoms with Crippen molar-refractivity contribution in [2.45, 2.75) is 0 Å². The number of aromatic nitrogens is 1. The topological polar surface area (TPSA) is 125 Å². The number of ether oxygens (including phenoxy) is 2. The molecular formula is C17H11NO8. The van der Waals surface area contributed by atoms with Crippen molar-refractivity contribution in [3.8, 4) is 11.4 Å². The number of carbonyl (C=O) groups excluding carboxylic acids is 1. The molecule has 0 saturated heterocycles. The van der Waals surface area contributed by atoms with Gasteiger partial charge in [-0.1, -0.05) is 18.2 Å². The number of hydrogen-bond donors (Lipinski definition) is 1. The van der Waals surface area contributed by atoms with E-state index in [0.717, 1.165) is 7.11 Å². The fourth-order valence-corrected chi connectivity index (χ4v) is 2.39. The van der Waals surface area contributed by atoms with Gasteiger partial charge in [-0.2, -0.15) is 0 Å². The first-order valence-corrected chi connectivity index (χ1v) is 7.21. The Kier molecular flexibility index (Phi) is 4.27. The van der Waals surface area contributed by atoms with Crippen molar-refractivity contribution >= 4 is 23.1 Å². The molecule has 0 fully saturated rings. The van der Waals surface area contributed by atoms with Crippen LogP contribution in [0.4, 0.5) is 4.79 Å². The van der Waals surface area contributed by atoms with Gasteiger partial charge in [0.15, 0.2) is 11.3 Å². The van der Waals surface area contributed by atoms with Crippen molar-refractivity contribution in [1.82, 2.24) is 4.57 Å². The lowest BCUT2D eigenvalue weighted by atomic mass is 10.1. The number of carboxylic acid groups (broad SMARTS) is 1. The van der Waals surface area contributed by atoms with E-state index in [1.54, 1.807) is 0 Å². The fourth-order valence-electron chi connectivity index (χ4n) is 2.39. The number of para-hydroxylation sites is 2. The first-order chi connectivity index (χ1) is 12.4. The highest BCUT2D eigenvalue weighted by atomic mass is 16.7. The number of hydrogen-bond acceptors (Lipinski definition) is 7. The molecule has 132 valence electrons. The van der Waals surface area contributed by atoms with Gasteiger partial charge in [0.25, 0.3) is 5.56 Å². The minimum absolute atomic E-state index is 0.0776. The third-order valence-corrected chi connectivity index (χ3v) is 3.52. The Bertz CT molecular complexity index is 1140. The molecule has 0 aliphatic carbocycles. The number of carbonyl (C=O) groups is 2. The van der Waals surface area contributed by atoms with E-state index in [9.17, 15) is 24.3 Å². The Morgan fingerprint density at radius 3 is 2.50 bits per heavy atom. The minimum Gasteiger partial charge on any atom is -0.478 e. The van der Waals surface area contributed by atoms with E-state index in [1.165, 1.54) is 42.5 Å². The van der Waals surface area contributed by atoms with E-state index >= 15 is 0 Å². The number of aromatic carboxylic acids is 1. The van der Waals surface area contributed by atoms with Crippen LogP contribution in [0.25, 0.3) is 16.7 Å². The van der Waals surface area contributed by atoms with Crippen LogP contribution in [0.2, 0.25) is 0 Å². The molecule has 3 aromatic rings. The Balaban J connectivity index is 2.32. The summed E-state index contributed by atoms with van der Waals surface area (Å²) in [7, 11) is 1.10. The van der Waals surface area contributed by atoms with E-state index in [-0.39, 0.29) is 28.0 Å². The number of methoxy groups -OCH3 is 1. The third-order valence-electron chi connectivity index (χ3n) is 3.52. The minimum atomic E-state index is -1.31. The standard InChI is InChI=1S/C17H11NO8/c1-24-17(23)25-12-8-4-6-10-13(12)26-16(22)18(14(10)19)11-7-3-2-5-9(11)15(20)21/h2-8H,1H3,(H,20,21). The smallest absolute Gasteiger partial charge is 0.478 e. The molecule has 0 saturated carbocycles. The van der Waals surface area contributed by atoms with Gasteiger partial charge >= 0.3 is 17.9 Å². The molecule has 1 N–H and O–H groups in total. The molecule has 2 aromatic carbocycles. The normalized spacial score (nSPS) is 10.5. The van der Waals surface area contributed by atoms with Gasteiger partial charge in [-0.3, -0.25) is 4.79 Å². The molecular weight excluding hydrogens is 346 g/mol. The molecule has 0 amide bonds. The molecule has 0 aliphatic heterocycles. The van der Waals surface area contributed by atoms with Gasteiger partial charge in [-0.05, 0) is 24.3 Å². The maximum absolute atomic E-state index is 12.8. The van der Waals surface area contributed by atoms with E-state index < -0.39 is 23.4 Å². The lowest BCUT2D eigenvalue weighted by Crippen LogP contribution is -2.32. The summed E-state index contributed by atoms with van der Waals surface area (Å²) < 4.78 is 15.0. The van der Waals surface area contributed by atoms with Gasteiger partial charge < -0.3 is 19.0 Å². The van der Waals surface area contributed by atoms with E-state index in [0.29, 0.717) is 4.57 Å². The van der Waals surface area contributed by atoms with Gasteiger partial charge in [0.2, 0.25) is 0 Å². The Morgan fingerprint density at radius 1 is 1.08 bits per heavy atom. The third kappa shape index (κ3) is 2.81. The summed E-state index contributed by atoms with van der Waals surface area (Å²) in [6, 6.07) is 9.59. The lowest BCUT2D eigenvalue weighted by molar-refractivity contribution is 0.0696. The SMILES string of the molecule is COC(=O)Oc1cccc2c(=O)n(-c3ccccc3C(=O)O)c(=O)oc12. The van der Waals surface area contributed by atoms with Crippen LogP contribution in [0.5, 0.6) is 5.75 Å². The van der Waals surface area contributed by atoms with Crippen molar-refractivity contribution in [1.29, 1.82) is 0 Å². The first-order valence-electron chi connectivity index (χ1n) is 7.21. The van der Waals surface area contributed by atoms with Crippen LogP contribution >= 0.6 is 0 Å². The summed E-state index contributed by atoms with van der Waals surface area (Å²) in [5.74, 6) is -2.62. The Labute approximate surface area is 144 Å². The average Bonchev–Trinajstić information content (AvgIpc) is 2.62. The van der Waals surface area contributed by atoms with Crippen molar-refractivity contribution in [3.05, 3.63) is 68.9 Å².